The Hall–Kier alpha value is -0.900. The van der Waals surface area contributed by atoms with Crippen LogP contribution in [-0.2, 0) is 0 Å². The van der Waals surface area contributed by atoms with Crippen molar-refractivity contribution >= 4 is 0 Å². The minimum absolute atomic E-state index is 0.558. The third-order valence-electron chi connectivity index (χ3n) is 5.86. The zero-order valence-corrected chi connectivity index (χ0v) is 15.2. The molecule has 1 saturated carbocycles. The van der Waals surface area contributed by atoms with Gasteiger partial charge in [0, 0.05) is 31.2 Å². The second-order valence-corrected chi connectivity index (χ2v) is 8.20. The van der Waals surface area contributed by atoms with Crippen molar-refractivity contribution in [3.8, 4) is 0 Å². The molecule has 4 heteroatoms. The van der Waals surface area contributed by atoms with E-state index in [0.717, 1.165) is 5.92 Å². The summed E-state index contributed by atoms with van der Waals surface area (Å²) in [5.41, 5.74) is 1.25. The summed E-state index contributed by atoms with van der Waals surface area (Å²) < 4.78 is 2.17. The maximum absolute atomic E-state index is 4.51. The normalized spacial score (nSPS) is 23.5. The molecular formula is C19H34N4. The summed E-state index contributed by atoms with van der Waals surface area (Å²) in [5, 5.41) is 8.99. The van der Waals surface area contributed by atoms with Crippen LogP contribution in [0.1, 0.15) is 89.8 Å². The summed E-state index contributed by atoms with van der Waals surface area (Å²) in [6.07, 6.45) is 12.7. The fourth-order valence-electron chi connectivity index (χ4n) is 4.48. The molecule has 1 aromatic heterocycles. The van der Waals surface area contributed by atoms with Gasteiger partial charge in [-0.25, -0.2) is 4.68 Å². The van der Waals surface area contributed by atoms with Gasteiger partial charge in [0.05, 0.1) is 11.7 Å². The van der Waals surface area contributed by atoms with Crippen molar-refractivity contribution in [2.24, 2.45) is 5.92 Å². The Kier molecular flexibility index (Phi) is 5.73. The zero-order chi connectivity index (χ0) is 16.2. The molecule has 0 spiro atoms. The number of rotatable bonds is 5. The largest absolute Gasteiger partial charge is 0.300 e. The first kappa shape index (κ1) is 16.9. The predicted octanol–water partition coefficient (Wildman–Crippen LogP) is 4.40. The van der Waals surface area contributed by atoms with Gasteiger partial charge in [-0.3, -0.25) is 0 Å². The molecule has 3 rings (SSSR count). The number of aromatic nitrogens is 3. The third kappa shape index (κ3) is 4.34. The molecule has 0 aromatic carbocycles. The summed E-state index contributed by atoms with van der Waals surface area (Å²) in [7, 11) is 0. The fraction of sp³-hybridized carbons (Fsp3) is 0.895. The number of nitrogens with zero attached hydrogens (tertiary/aromatic N) is 4. The lowest BCUT2D eigenvalue weighted by molar-refractivity contribution is 0.125. The molecule has 2 heterocycles. The second-order valence-electron chi connectivity index (χ2n) is 8.20. The van der Waals surface area contributed by atoms with Crippen molar-refractivity contribution in [1.82, 2.24) is 19.9 Å². The fourth-order valence-corrected chi connectivity index (χ4v) is 4.48. The topological polar surface area (TPSA) is 34.0 Å². The van der Waals surface area contributed by atoms with Crippen molar-refractivity contribution in [2.75, 3.05) is 13.1 Å². The quantitative estimate of drug-likeness (QED) is 0.807. The van der Waals surface area contributed by atoms with Gasteiger partial charge in [-0.15, -0.1) is 5.10 Å². The van der Waals surface area contributed by atoms with Crippen molar-refractivity contribution in [2.45, 2.75) is 90.1 Å². The highest BCUT2D eigenvalue weighted by molar-refractivity contribution is 5.03. The van der Waals surface area contributed by atoms with Gasteiger partial charge in [0.2, 0.25) is 0 Å². The van der Waals surface area contributed by atoms with E-state index >= 15 is 0 Å². The molecule has 2 aliphatic rings. The van der Waals surface area contributed by atoms with E-state index in [9.17, 15) is 0 Å². The smallest absolute Gasteiger partial charge is 0.0858 e. The van der Waals surface area contributed by atoms with Crippen molar-refractivity contribution < 1.29 is 0 Å². The average molecular weight is 319 g/mol. The van der Waals surface area contributed by atoms with Crippen LogP contribution in [-0.4, -0.2) is 39.0 Å². The third-order valence-corrected chi connectivity index (χ3v) is 5.86. The number of hydrogen-bond acceptors (Lipinski definition) is 3. The minimum Gasteiger partial charge on any atom is -0.300 e. The van der Waals surface area contributed by atoms with E-state index in [0.29, 0.717) is 18.0 Å². The molecule has 1 aliphatic carbocycles. The molecule has 0 amide bonds. The van der Waals surface area contributed by atoms with Crippen LogP contribution in [0.15, 0.2) is 6.20 Å². The van der Waals surface area contributed by atoms with Gasteiger partial charge in [-0.2, -0.15) is 0 Å². The molecule has 1 aliphatic heterocycles. The molecule has 1 saturated heterocycles. The highest BCUT2D eigenvalue weighted by Crippen LogP contribution is 2.32. The lowest BCUT2D eigenvalue weighted by atomic mass is 9.87. The van der Waals surface area contributed by atoms with Gasteiger partial charge >= 0.3 is 0 Å². The maximum atomic E-state index is 4.51. The Labute approximate surface area is 141 Å². The predicted molar refractivity (Wildman–Crippen MR) is 94.6 cm³/mol. The van der Waals surface area contributed by atoms with Gasteiger partial charge in [0.15, 0.2) is 0 Å². The van der Waals surface area contributed by atoms with E-state index in [-0.39, 0.29) is 0 Å². The number of piperidine rings is 1. The van der Waals surface area contributed by atoms with E-state index in [1.165, 1.54) is 70.2 Å². The van der Waals surface area contributed by atoms with Gasteiger partial charge in [-0.05, 0) is 44.9 Å². The summed E-state index contributed by atoms with van der Waals surface area (Å²) in [6.45, 7) is 9.45. The Morgan fingerprint density at radius 2 is 1.74 bits per heavy atom. The maximum Gasteiger partial charge on any atom is 0.0858 e. The monoisotopic (exact) mass is 318 g/mol. The highest BCUT2D eigenvalue weighted by Gasteiger charge is 2.26. The first-order valence-electron chi connectivity index (χ1n) is 9.79. The van der Waals surface area contributed by atoms with E-state index in [4.69, 9.17) is 0 Å². The molecule has 4 nitrogen and oxygen atoms in total. The lowest BCUT2D eigenvalue weighted by Crippen LogP contribution is -2.41. The van der Waals surface area contributed by atoms with Crippen LogP contribution >= 0.6 is 0 Å². The highest BCUT2D eigenvalue weighted by atomic mass is 15.4. The van der Waals surface area contributed by atoms with Gasteiger partial charge in [0.25, 0.3) is 0 Å². The van der Waals surface area contributed by atoms with Crippen LogP contribution in [0.5, 0.6) is 0 Å². The molecular weight excluding hydrogens is 284 g/mol. The molecule has 1 atom stereocenters. The van der Waals surface area contributed by atoms with E-state index in [2.05, 4.69) is 46.9 Å². The second kappa shape index (κ2) is 7.78. The molecule has 130 valence electrons. The lowest BCUT2D eigenvalue weighted by Gasteiger charge is -2.36. The van der Waals surface area contributed by atoms with Crippen LogP contribution < -0.4 is 0 Å². The molecule has 23 heavy (non-hydrogen) atoms. The number of likely N-dealkylation sites (tertiary alicyclic amines) is 1. The molecule has 0 radical (unpaired) electrons. The molecule has 2 fully saturated rings. The first-order valence-corrected chi connectivity index (χ1v) is 9.79. The van der Waals surface area contributed by atoms with Crippen LogP contribution in [0.4, 0.5) is 0 Å². The minimum atomic E-state index is 0.558. The van der Waals surface area contributed by atoms with Crippen LogP contribution in [0.3, 0.4) is 0 Å². The van der Waals surface area contributed by atoms with Crippen molar-refractivity contribution in [1.29, 1.82) is 0 Å². The van der Waals surface area contributed by atoms with Crippen LogP contribution in [0, 0.1) is 5.92 Å². The summed E-state index contributed by atoms with van der Waals surface area (Å²) >= 11 is 0. The Bertz CT molecular complexity index is 467. The SMILES string of the molecule is CC(C)C[C@H](C)N1CCC(n2cc(C3CCCCC3)nn2)CC1. The molecule has 0 unspecified atom stereocenters. The Morgan fingerprint density at radius 3 is 2.39 bits per heavy atom. The van der Waals surface area contributed by atoms with Gasteiger partial charge in [-0.1, -0.05) is 38.3 Å². The number of hydrogen-bond donors (Lipinski definition) is 0. The van der Waals surface area contributed by atoms with E-state index in [1.54, 1.807) is 0 Å². The summed E-state index contributed by atoms with van der Waals surface area (Å²) in [6, 6.07) is 1.27. The van der Waals surface area contributed by atoms with Crippen LogP contribution in [0.2, 0.25) is 0 Å². The summed E-state index contributed by atoms with van der Waals surface area (Å²) in [5.74, 6) is 1.46. The van der Waals surface area contributed by atoms with Crippen molar-refractivity contribution in [3.05, 3.63) is 11.9 Å². The van der Waals surface area contributed by atoms with Crippen LogP contribution in [0.25, 0.3) is 0 Å². The van der Waals surface area contributed by atoms with Gasteiger partial charge < -0.3 is 4.90 Å². The van der Waals surface area contributed by atoms with E-state index in [1.807, 2.05) is 0 Å². The zero-order valence-electron chi connectivity index (χ0n) is 15.2. The summed E-state index contributed by atoms with van der Waals surface area (Å²) in [4.78, 5) is 2.66. The molecule has 0 N–H and O–H groups in total. The van der Waals surface area contributed by atoms with Crippen molar-refractivity contribution in [3.63, 3.8) is 0 Å². The Balaban J connectivity index is 1.52. The standard InChI is InChI=1S/C19H34N4/c1-15(2)13-16(3)22-11-9-18(10-12-22)23-14-19(20-21-23)17-7-5-4-6-8-17/h14-18H,4-13H2,1-3H3/t16-/m0/s1. The average Bonchev–Trinajstić information content (AvgIpc) is 3.05. The Morgan fingerprint density at radius 1 is 1.04 bits per heavy atom. The van der Waals surface area contributed by atoms with E-state index < -0.39 is 0 Å². The molecule has 0 bridgehead atoms. The first-order chi connectivity index (χ1) is 11.1. The molecule has 1 aromatic rings. The van der Waals surface area contributed by atoms with Gasteiger partial charge in [0.1, 0.15) is 0 Å².